The van der Waals surface area contributed by atoms with E-state index in [1.807, 2.05) is 29.2 Å². The molecule has 4 rings (SSSR count). The van der Waals surface area contributed by atoms with Crippen molar-refractivity contribution in [1.82, 2.24) is 15.2 Å². The number of methoxy groups -OCH3 is 1. The van der Waals surface area contributed by atoms with E-state index >= 15 is 0 Å². The number of aromatic amines is 1. The summed E-state index contributed by atoms with van der Waals surface area (Å²) in [5.74, 6) is 0.852. The Balaban J connectivity index is 1.77. The molecule has 3 aromatic rings. The van der Waals surface area contributed by atoms with Gasteiger partial charge in [0.15, 0.2) is 0 Å². The first-order chi connectivity index (χ1) is 13.7. The molecule has 0 bridgehead atoms. The van der Waals surface area contributed by atoms with Crippen LogP contribution in [0.1, 0.15) is 42.6 Å². The van der Waals surface area contributed by atoms with E-state index in [4.69, 9.17) is 4.74 Å². The molecular formula is C23H27N3O2. The van der Waals surface area contributed by atoms with Gasteiger partial charge >= 0.3 is 6.03 Å². The zero-order valence-corrected chi connectivity index (χ0v) is 16.5. The number of ether oxygens (including phenoxy) is 1. The van der Waals surface area contributed by atoms with E-state index in [0.29, 0.717) is 13.1 Å². The van der Waals surface area contributed by atoms with E-state index in [-0.39, 0.29) is 12.1 Å². The molecule has 0 aliphatic carbocycles. The average Bonchev–Trinajstić information content (AvgIpc) is 3.11. The quantitative estimate of drug-likeness (QED) is 0.637. The third kappa shape index (κ3) is 3.33. The Hall–Kier alpha value is -2.95. The van der Waals surface area contributed by atoms with Crippen LogP contribution < -0.4 is 10.1 Å². The van der Waals surface area contributed by atoms with Crippen molar-refractivity contribution in [3.05, 3.63) is 65.4 Å². The van der Waals surface area contributed by atoms with Crippen molar-refractivity contribution in [3.8, 4) is 5.75 Å². The van der Waals surface area contributed by atoms with Crippen LogP contribution in [0.4, 0.5) is 4.79 Å². The molecule has 1 aromatic heterocycles. The number of fused-ring (bicyclic) bond motifs is 3. The standard InChI is InChI=1S/C23H27N3O2/c1-3-4-13-24-23(27)26-14-12-18-19-15-17(28-2)10-11-20(19)25-21(18)22(26)16-8-6-5-7-9-16/h5-11,15,22,25H,3-4,12-14H2,1-2H3,(H,24,27). The minimum atomic E-state index is -0.120. The summed E-state index contributed by atoms with van der Waals surface area (Å²) in [5, 5.41) is 4.27. The molecule has 0 radical (unpaired) electrons. The van der Waals surface area contributed by atoms with Gasteiger partial charge in [0.2, 0.25) is 0 Å². The molecule has 2 heterocycles. The van der Waals surface area contributed by atoms with Crippen LogP contribution >= 0.6 is 0 Å². The number of rotatable bonds is 5. The van der Waals surface area contributed by atoms with Gasteiger partial charge in [-0.1, -0.05) is 43.7 Å². The highest BCUT2D eigenvalue weighted by atomic mass is 16.5. The van der Waals surface area contributed by atoms with Crippen LogP contribution in [0.3, 0.4) is 0 Å². The number of unbranched alkanes of at least 4 members (excludes halogenated alkanes) is 1. The molecule has 0 spiro atoms. The second-order valence-electron chi connectivity index (χ2n) is 7.27. The maximum atomic E-state index is 13.0. The summed E-state index contributed by atoms with van der Waals surface area (Å²) in [4.78, 5) is 18.5. The predicted molar refractivity (Wildman–Crippen MR) is 112 cm³/mol. The fourth-order valence-electron chi connectivity index (χ4n) is 4.07. The molecule has 5 nitrogen and oxygen atoms in total. The second kappa shape index (κ2) is 7.97. The summed E-state index contributed by atoms with van der Waals surface area (Å²) >= 11 is 0. The van der Waals surface area contributed by atoms with Gasteiger partial charge in [0, 0.05) is 29.7 Å². The number of nitrogens with one attached hydrogen (secondary N) is 2. The molecule has 2 N–H and O–H groups in total. The SMILES string of the molecule is CCCCNC(=O)N1CCc2c([nH]c3ccc(OC)cc23)C1c1ccccc1. The molecule has 146 valence electrons. The fraction of sp³-hybridized carbons (Fsp3) is 0.348. The van der Waals surface area contributed by atoms with E-state index in [0.717, 1.165) is 41.8 Å². The number of urea groups is 1. The second-order valence-corrected chi connectivity index (χ2v) is 7.27. The van der Waals surface area contributed by atoms with Crippen molar-refractivity contribution in [3.63, 3.8) is 0 Å². The summed E-state index contributed by atoms with van der Waals surface area (Å²) in [5.41, 5.74) is 4.58. The van der Waals surface area contributed by atoms with Gasteiger partial charge in [-0.25, -0.2) is 4.79 Å². The summed E-state index contributed by atoms with van der Waals surface area (Å²) < 4.78 is 5.42. The van der Waals surface area contributed by atoms with Crippen LogP contribution in [0.5, 0.6) is 5.75 Å². The normalized spacial score (nSPS) is 16.1. The van der Waals surface area contributed by atoms with Gasteiger partial charge in [0.25, 0.3) is 0 Å². The highest BCUT2D eigenvalue weighted by Gasteiger charge is 2.34. The summed E-state index contributed by atoms with van der Waals surface area (Å²) in [6.07, 6.45) is 2.89. The van der Waals surface area contributed by atoms with Gasteiger partial charge in [0.05, 0.1) is 13.2 Å². The van der Waals surface area contributed by atoms with E-state index in [2.05, 4.69) is 41.5 Å². The Morgan fingerprint density at radius 2 is 2.07 bits per heavy atom. The lowest BCUT2D eigenvalue weighted by molar-refractivity contribution is 0.179. The molecule has 0 saturated heterocycles. The molecule has 2 amide bonds. The fourth-order valence-corrected chi connectivity index (χ4v) is 4.07. The van der Waals surface area contributed by atoms with Crippen LogP contribution in [0.2, 0.25) is 0 Å². The minimum absolute atomic E-state index is 0.00388. The van der Waals surface area contributed by atoms with Crippen LogP contribution in [-0.2, 0) is 6.42 Å². The Morgan fingerprint density at radius 1 is 1.25 bits per heavy atom. The number of H-pyrrole nitrogens is 1. The molecule has 1 unspecified atom stereocenters. The van der Waals surface area contributed by atoms with Gasteiger partial charge in [0.1, 0.15) is 5.75 Å². The van der Waals surface area contributed by atoms with E-state index < -0.39 is 0 Å². The van der Waals surface area contributed by atoms with Crippen LogP contribution in [0.25, 0.3) is 10.9 Å². The van der Waals surface area contributed by atoms with E-state index in [1.54, 1.807) is 7.11 Å². The Kier molecular flexibility index (Phi) is 5.24. The zero-order chi connectivity index (χ0) is 19.5. The first-order valence-corrected chi connectivity index (χ1v) is 10.0. The molecule has 1 atom stereocenters. The lowest BCUT2D eigenvalue weighted by Crippen LogP contribution is -2.46. The Morgan fingerprint density at radius 3 is 2.82 bits per heavy atom. The van der Waals surface area contributed by atoms with E-state index in [9.17, 15) is 4.79 Å². The van der Waals surface area contributed by atoms with Gasteiger partial charge in [-0.3, -0.25) is 0 Å². The van der Waals surface area contributed by atoms with Crippen LogP contribution in [0.15, 0.2) is 48.5 Å². The molecule has 28 heavy (non-hydrogen) atoms. The van der Waals surface area contributed by atoms with Gasteiger partial charge in [-0.05, 0) is 42.2 Å². The number of hydrogen-bond acceptors (Lipinski definition) is 2. The van der Waals surface area contributed by atoms with Gasteiger partial charge < -0.3 is 19.9 Å². The lowest BCUT2D eigenvalue weighted by Gasteiger charge is -2.36. The first kappa shape index (κ1) is 18.4. The third-order valence-corrected chi connectivity index (χ3v) is 5.52. The number of carbonyl (C=O) groups is 1. The molecule has 5 heteroatoms. The summed E-state index contributed by atoms with van der Waals surface area (Å²) in [6.45, 7) is 3.53. The van der Waals surface area contributed by atoms with Crippen molar-refractivity contribution in [1.29, 1.82) is 0 Å². The predicted octanol–water partition coefficient (Wildman–Crippen LogP) is 4.63. The smallest absolute Gasteiger partial charge is 0.318 e. The monoisotopic (exact) mass is 377 g/mol. The van der Waals surface area contributed by atoms with Crippen molar-refractivity contribution in [2.45, 2.75) is 32.2 Å². The largest absolute Gasteiger partial charge is 0.497 e. The van der Waals surface area contributed by atoms with Crippen molar-refractivity contribution in [2.24, 2.45) is 0 Å². The number of benzene rings is 2. The topological polar surface area (TPSA) is 57.4 Å². The highest BCUT2D eigenvalue weighted by molar-refractivity contribution is 5.87. The lowest BCUT2D eigenvalue weighted by atomic mass is 9.92. The molecule has 0 fully saturated rings. The number of aromatic nitrogens is 1. The number of amides is 2. The van der Waals surface area contributed by atoms with E-state index in [1.165, 1.54) is 10.9 Å². The van der Waals surface area contributed by atoms with Crippen molar-refractivity contribution in [2.75, 3.05) is 20.2 Å². The summed E-state index contributed by atoms with van der Waals surface area (Å²) in [6, 6.07) is 16.3. The van der Waals surface area contributed by atoms with Gasteiger partial charge in [-0.15, -0.1) is 0 Å². The molecule has 1 aliphatic rings. The molecular weight excluding hydrogens is 350 g/mol. The molecule has 0 saturated carbocycles. The number of nitrogens with zero attached hydrogens (tertiary/aromatic N) is 1. The van der Waals surface area contributed by atoms with Gasteiger partial charge in [-0.2, -0.15) is 0 Å². The van der Waals surface area contributed by atoms with Crippen LogP contribution in [0, 0.1) is 0 Å². The zero-order valence-electron chi connectivity index (χ0n) is 16.5. The first-order valence-electron chi connectivity index (χ1n) is 10.0. The third-order valence-electron chi connectivity index (χ3n) is 5.52. The molecule has 1 aliphatic heterocycles. The van der Waals surface area contributed by atoms with Crippen molar-refractivity contribution >= 4 is 16.9 Å². The van der Waals surface area contributed by atoms with Crippen molar-refractivity contribution < 1.29 is 9.53 Å². The maximum absolute atomic E-state index is 13.0. The highest BCUT2D eigenvalue weighted by Crippen LogP contribution is 2.39. The number of carbonyl (C=O) groups excluding carboxylic acids is 1. The van der Waals surface area contributed by atoms with Crippen LogP contribution in [-0.4, -0.2) is 36.1 Å². The molecule has 2 aromatic carbocycles. The Labute approximate surface area is 165 Å². The maximum Gasteiger partial charge on any atom is 0.318 e. The summed E-state index contributed by atoms with van der Waals surface area (Å²) in [7, 11) is 1.69. The average molecular weight is 377 g/mol. The Bertz CT molecular complexity index is 965. The number of hydrogen-bond donors (Lipinski definition) is 2. The minimum Gasteiger partial charge on any atom is -0.497 e.